The second-order valence-corrected chi connectivity index (χ2v) is 6.49. The summed E-state index contributed by atoms with van der Waals surface area (Å²) in [6.07, 6.45) is 5.79. The Morgan fingerprint density at radius 1 is 0.955 bits per heavy atom. The van der Waals surface area contributed by atoms with E-state index < -0.39 is 0 Å². The van der Waals surface area contributed by atoms with Gasteiger partial charge >= 0.3 is 0 Å². The first-order valence-electron chi connectivity index (χ1n) is 7.53. The fourth-order valence-electron chi connectivity index (χ4n) is 2.37. The van der Waals surface area contributed by atoms with E-state index in [0.717, 1.165) is 54.7 Å². The zero-order chi connectivity index (χ0) is 15.4. The Hall–Kier alpha value is -1.75. The van der Waals surface area contributed by atoms with E-state index in [1.807, 2.05) is 31.8 Å². The van der Waals surface area contributed by atoms with Gasteiger partial charge in [0, 0.05) is 29.1 Å². The summed E-state index contributed by atoms with van der Waals surface area (Å²) in [5.74, 6) is 3.06. The second-order valence-electron chi connectivity index (χ2n) is 5.35. The number of hydrogen-bond acceptors (Lipinski definition) is 5. The van der Waals surface area contributed by atoms with E-state index in [-0.39, 0.29) is 0 Å². The number of ether oxygens (including phenoxy) is 2. The van der Waals surface area contributed by atoms with Crippen molar-refractivity contribution in [2.24, 2.45) is 0 Å². The highest BCUT2D eigenvalue weighted by Crippen LogP contribution is 2.31. The van der Waals surface area contributed by atoms with Crippen LogP contribution < -0.4 is 9.47 Å². The molecule has 0 N–H and O–H groups in total. The van der Waals surface area contributed by atoms with Crippen LogP contribution in [0.5, 0.6) is 11.5 Å². The van der Waals surface area contributed by atoms with Crippen molar-refractivity contribution in [2.45, 2.75) is 31.6 Å². The van der Waals surface area contributed by atoms with E-state index >= 15 is 0 Å². The smallest absolute Gasteiger partial charge is 0.151 e. The molecule has 2 aliphatic heterocycles. The van der Waals surface area contributed by atoms with Gasteiger partial charge in [-0.15, -0.1) is 11.8 Å². The quantitative estimate of drug-likeness (QED) is 0.743. The molecule has 4 heterocycles. The zero-order valence-corrected chi connectivity index (χ0v) is 13.8. The van der Waals surface area contributed by atoms with Crippen molar-refractivity contribution in [3.8, 4) is 11.5 Å². The van der Waals surface area contributed by atoms with E-state index in [2.05, 4.69) is 22.1 Å². The van der Waals surface area contributed by atoms with E-state index in [1.54, 1.807) is 6.20 Å². The van der Waals surface area contributed by atoms with Gasteiger partial charge in [0.1, 0.15) is 5.75 Å². The number of aryl methyl sites for hydroxylation is 2. The predicted molar refractivity (Wildman–Crippen MR) is 88.0 cm³/mol. The molecule has 0 aromatic carbocycles. The molecule has 0 aliphatic carbocycles. The molecule has 4 rings (SSSR count). The molecular weight excluding hydrogens is 296 g/mol. The zero-order valence-electron chi connectivity index (χ0n) is 13.0. The molecule has 0 saturated carbocycles. The predicted octanol–water partition coefficient (Wildman–Crippen LogP) is 3.59. The first kappa shape index (κ1) is 15.2. The molecule has 0 atom stereocenters. The molecule has 0 saturated heterocycles. The second kappa shape index (κ2) is 7.01. The normalized spacial score (nSPS) is 15.4. The molecule has 0 bridgehead atoms. The lowest BCUT2D eigenvalue weighted by atomic mass is 10.2. The Balaban J connectivity index is 0.000000133. The molecule has 2 aromatic rings. The third-order valence-electron chi connectivity index (χ3n) is 3.49. The van der Waals surface area contributed by atoms with Gasteiger partial charge in [-0.1, -0.05) is 0 Å². The van der Waals surface area contributed by atoms with Crippen LogP contribution in [0.2, 0.25) is 0 Å². The highest BCUT2D eigenvalue weighted by atomic mass is 32.2. The van der Waals surface area contributed by atoms with Crippen molar-refractivity contribution >= 4 is 11.8 Å². The summed E-state index contributed by atoms with van der Waals surface area (Å²) in [7, 11) is 0. The van der Waals surface area contributed by atoms with E-state index in [0.29, 0.717) is 0 Å². The van der Waals surface area contributed by atoms with Crippen LogP contribution in [0.25, 0.3) is 0 Å². The molecule has 0 fully saturated rings. The molecule has 116 valence electrons. The van der Waals surface area contributed by atoms with Crippen molar-refractivity contribution in [3.63, 3.8) is 0 Å². The average molecular weight is 316 g/mol. The van der Waals surface area contributed by atoms with Crippen molar-refractivity contribution in [3.05, 3.63) is 41.5 Å². The minimum absolute atomic E-state index is 0.820. The maximum atomic E-state index is 5.52. The van der Waals surface area contributed by atoms with Gasteiger partial charge in [0.25, 0.3) is 0 Å². The van der Waals surface area contributed by atoms with Crippen LogP contribution in [0.1, 0.15) is 23.4 Å². The number of hydrogen-bond donors (Lipinski definition) is 0. The van der Waals surface area contributed by atoms with Crippen LogP contribution in [-0.2, 0) is 6.42 Å². The lowest BCUT2D eigenvalue weighted by molar-refractivity contribution is 0.313. The topological polar surface area (TPSA) is 44.2 Å². The molecule has 0 unspecified atom stereocenters. The van der Waals surface area contributed by atoms with Crippen LogP contribution >= 0.6 is 11.8 Å². The van der Waals surface area contributed by atoms with E-state index in [4.69, 9.17) is 9.47 Å². The minimum Gasteiger partial charge on any atom is -0.491 e. The van der Waals surface area contributed by atoms with Crippen LogP contribution in [0, 0.1) is 13.8 Å². The lowest BCUT2D eigenvalue weighted by Gasteiger charge is -2.05. The van der Waals surface area contributed by atoms with Gasteiger partial charge in [0.05, 0.1) is 30.5 Å². The Labute approximate surface area is 135 Å². The Morgan fingerprint density at radius 2 is 1.68 bits per heavy atom. The average Bonchev–Trinajstić information content (AvgIpc) is 2.84. The minimum atomic E-state index is 0.820. The summed E-state index contributed by atoms with van der Waals surface area (Å²) in [5.41, 5.74) is 3.43. The third kappa shape index (κ3) is 3.71. The van der Waals surface area contributed by atoms with Crippen LogP contribution in [0.15, 0.2) is 29.4 Å². The van der Waals surface area contributed by atoms with Crippen molar-refractivity contribution in [1.82, 2.24) is 9.97 Å². The first-order valence-corrected chi connectivity index (χ1v) is 8.51. The fourth-order valence-corrected chi connectivity index (χ4v) is 3.36. The van der Waals surface area contributed by atoms with Gasteiger partial charge in [-0.3, -0.25) is 9.97 Å². The summed E-state index contributed by atoms with van der Waals surface area (Å²) in [4.78, 5) is 9.56. The SMILES string of the molecule is Cc1cc2c(cn1)OCC2.Cc1cc2c(cn1)OCCCS2. The number of rotatable bonds is 0. The highest BCUT2D eigenvalue weighted by molar-refractivity contribution is 7.99. The molecule has 5 heteroatoms. The van der Waals surface area contributed by atoms with Crippen LogP contribution in [0.3, 0.4) is 0 Å². The number of pyridine rings is 2. The Kier molecular flexibility index (Phi) is 4.83. The summed E-state index contributed by atoms with van der Waals surface area (Å²) < 4.78 is 10.8. The lowest BCUT2D eigenvalue weighted by Crippen LogP contribution is -1.96. The Bertz CT molecular complexity index is 661. The van der Waals surface area contributed by atoms with Gasteiger partial charge < -0.3 is 9.47 Å². The summed E-state index contributed by atoms with van der Waals surface area (Å²) in [6, 6.07) is 4.17. The van der Waals surface area contributed by atoms with Gasteiger partial charge in [0.2, 0.25) is 0 Å². The van der Waals surface area contributed by atoms with Gasteiger partial charge in [0.15, 0.2) is 5.75 Å². The number of fused-ring (bicyclic) bond motifs is 2. The van der Waals surface area contributed by atoms with Crippen LogP contribution in [-0.4, -0.2) is 28.9 Å². The molecule has 0 radical (unpaired) electrons. The molecule has 2 aliphatic rings. The monoisotopic (exact) mass is 316 g/mol. The standard InChI is InChI=1S/C9H11NOS.C8H9NO/c1-7-5-9-8(6-10-7)11-3-2-4-12-9;1-6-4-7-2-3-10-8(7)5-9-6/h5-6H,2-4H2,1H3;4-5H,2-3H2,1H3. The summed E-state index contributed by atoms with van der Waals surface area (Å²) >= 11 is 1.86. The molecule has 4 nitrogen and oxygen atoms in total. The molecular formula is C17H20N2O2S. The number of nitrogens with zero attached hydrogens (tertiary/aromatic N) is 2. The maximum absolute atomic E-state index is 5.52. The summed E-state index contributed by atoms with van der Waals surface area (Å²) in [5, 5.41) is 0. The van der Waals surface area contributed by atoms with Gasteiger partial charge in [-0.25, -0.2) is 0 Å². The van der Waals surface area contributed by atoms with Gasteiger partial charge in [-0.05, 0) is 32.4 Å². The first-order chi connectivity index (χ1) is 10.7. The molecule has 2 aromatic heterocycles. The van der Waals surface area contributed by atoms with Crippen molar-refractivity contribution < 1.29 is 9.47 Å². The Morgan fingerprint density at radius 3 is 2.55 bits per heavy atom. The molecule has 22 heavy (non-hydrogen) atoms. The van der Waals surface area contributed by atoms with Gasteiger partial charge in [-0.2, -0.15) is 0 Å². The fraction of sp³-hybridized carbons (Fsp3) is 0.412. The van der Waals surface area contributed by atoms with Crippen LogP contribution in [0.4, 0.5) is 0 Å². The van der Waals surface area contributed by atoms with Crippen molar-refractivity contribution in [1.29, 1.82) is 0 Å². The molecule has 0 spiro atoms. The van der Waals surface area contributed by atoms with E-state index in [9.17, 15) is 0 Å². The number of aromatic nitrogens is 2. The summed E-state index contributed by atoms with van der Waals surface area (Å²) in [6.45, 7) is 5.65. The molecule has 0 amide bonds. The largest absolute Gasteiger partial charge is 0.491 e. The number of thioether (sulfide) groups is 1. The third-order valence-corrected chi connectivity index (χ3v) is 4.61. The maximum Gasteiger partial charge on any atom is 0.151 e. The highest BCUT2D eigenvalue weighted by Gasteiger charge is 2.11. The van der Waals surface area contributed by atoms with E-state index in [1.165, 1.54) is 10.5 Å². The van der Waals surface area contributed by atoms with Crippen molar-refractivity contribution in [2.75, 3.05) is 19.0 Å².